The van der Waals surface area contributed by atoms with E-state index in [1.165, 1.54) is 0 Å². The second-order valence-corrected chi connectivity index (χ2v) is 4.99. The van der Waals surface area contributed by atoms with E-state index >= 15 is 0 Å². The van der Waals surface area contributed by atoms with Crippen LogP contribution in [0, 0.1) is 5.41 Å². The van der Waals surface area contributed by atoms with Gasteiger partial charge in [0.25, 0.3) is 0 Å². The van der Waals surface area contributed by atoms with Gasteiger partial charge in [0, 0.05) is 31.1 Å². The molecule has 1 saturated heterocycles. The maximum atomic E-state index is 9.29. The standard InChI is InChI=1S/C12H19N3O/c1-12(9-16)2-4-15(5-3-12)8-11-6-13-10-14-7-11/h6-7,10,16H,2-5,8-9H2,1H3. The Labute approximate surface area is 96.3 Å². The van der Waals surface area contributed by atoms with Gasteiger partial charge in [-0.3, -0.25) is 4.90 Å². The molecule has 0 bridgehead atoms. The highest BCUT2D eigenvalue weighted by Crippen LogP contribution is 2.30. The molecule has 0 aromatic carbocycles. The van der Waals surface area contributed by atoms with E-state index < -0.39 is 0 Å². The molecule has 1 aliphatic rings. The summed E-state index contributed by atoms with van der Waals surface area (Å²) in [5, 5.41) is 9.29. The van der Waals surface area contributed by atoms with E-state index in [0.29, 0.717) is 6.61 Å². The van der Waals surface area contributed by atoms with Crippen molar-refractivity contribution in [1.82, 2.24) is 14.9 Å². The first-order valence-corrected chi connectivity index (χ1v) is 5.79. The maximum Gasteiger partial charge on any atom is 0.115 e. The van der Waals surface area contributed by atoms with E-state index in [-0.39, 0.29) is 5.41 Å². The molecule has 0 amide bonds. The number of aliphatic hydroxyl groups is 1. The largest absolute Gasteiger partial charge is 0.396 e. The van der Waals surface area contributed by atoms with Crippen molar-refractivity contribution in [2.24, 2.45) is 5.41 Å². The van der Waals surface area contributed by atoms with Crippen LogP contribution in [0.2, 0.25) is 0 Å². The molecule has 88 valence electrons. The molecule has 0 unspecified atom stereocenters. The highest BCUT2D eigenvalue weighted by Gasteiger charge is 2.29. The zero-order valence-corrected chi connectivity index (χ0v) is 9.76. The lowest BCUT2D eigenvalue weighted by atomic mass is 9.81. The molecule has 1 aliphatic heterocycles. The Hall–Kier alpha value is -1.00. The van der Waals surface area contributed by atoms with Crippen LogP contribution in [0.1, 0.15) is 25.3 Å². The molecule has 4 heteroatoms. The van der Waals surface area contributed by atoms with Crippen LogP contribution >= 0.6 is 0 Å². The second kappa shape index (κ2) is 4.89. The average molecular weight is 221 g/mol. The van der Waals surface area contributed by atoms with E-state index in [2.05, 4.69) is 21.8 Å². The van der Waals surface area contributed by atoms with Gasteiger partial charge in [-0.25, -0.2) is 9.97 Å². The summed E-state index contributed by atoms with van der Waals surface area (Å²) in [6.07, 6.45) is 7.43. The predicted molar refractivity (Wildman–Crippen MR) is 61.7 cm³/mol. The van der Waals surface area contributed by atoms with Crippen molar-refractivity contribution in [3.05, 3.63) is 24.3 Å². The van der Waals surface area contributed by atoms with E-state index in [1.54, 1.807) is 6.33 Å². The molecular formula is C12H19N3O. The fourth-order valence-corrected chi connectivity index (χ4v) is 2.08. The Balaban J connectivity index is 1.86. The molecule has 1 N–H and O–H groups in total. The SMILES string of the molecule is CC1(CO)CCN(Cc2cncnc2)CC1. The lowest BCUT2D eigenvalue weighted by molar-refractivity contribution is 0.0556. The summed E-state index contributed by atoms with van der Waals surface area (Å²) in [4.78, 5) is 10.4. The average Bonchev–Trinajstić information content (AvgIpc) is 2.34. The third-order valence-electron chi connectivity index (χ3n) is 3.47. The molecule has 4 nitrogen and oxygen atoms in total. The Kier molecular flexibility index (Phi) is 3.51. The van der Waals surface area contributed by atoms with Crippen molar-refractivity contribution in [2.45, 2.75) is 26.3 Å². The second-order valence-electron chi connectivity index (χ2n) is 4.99. The molecule has 1 fully saturated rings. The molecule has 0 spiro atoms. The van der Waals surface area contributed by atoms with Crippen LogP contribution in [-0.2, 0) is 6.54 Å². The molecule has 1 aromatic rings. The third-order valence-corrected chi connectivity index (χ3v) is 3.47. The zero-order valence-electron chi connectivity index (χ0n) is 9.76. The summed E-state index contributed by atoms with van der Waals surface area (Å²) in [6.45, 7) is 5.48. The molecule has 0 radical (unpaired) electrons. The first-order valence-electron chi connectivity index (χ1n) is 5.79. The third kappa shape index (κ3) is 2.77. The van der Waals surface area contributed by atoms with Gasteiger partial charge in [-0.2, -0.15) is 0 Å². The molecule has 2 heterocycles. The minimum atomic E-state index is 0.129. The molecular weight excluding hydrogens is 202 g/mol. The fourth-order valence-electron chi connectivity index (χ4n) is 2.08. The van der Waals surface area contributed by atoms with Gasteiger partial charge in [0.05, 0.1) is 0 Å². The number of likely N-dealkylation sites (tertiary alicyclic amines) is 1. The van der Waals surface area contributed by atoms with Crippen LogP contribution in [0.25, 0.3) is 0 Å². The molecule has 0 saturated carbocycles. The minimum Gasteiger partial charge on any atom is -0.396 e. The van der Waals surface area contributed by atoms with Crippen molar-refractivity contribution in [1.29, 1.82) is 0 Å². The summed E-state index contributed by atoms with van der Waals surface area (Å²) >= 11 is 0. The van der Waals surface area contributed by atoms with E-state index in [0.717, 1.165) is 38.0 Å². The molecule has 0 aliphatic carbocycles. The Bertz CT molecular complexity index is 320. The van der Waals surface area contributed by atoms with Crippen LogP contribution in [0.3, 0.4) is 0 Å². The van der Waals surface area contributed by atoms with Gasteiger partial charge in [0.1, 0.15) is 6.33 Å². The summed E-state index contributed by atoms with van der Waals surface area (Å²) in [5.74, 6) is 0. The van der Waals surface area contributed by atoms with Gasteiger partial charge >= 0.3 is 0 Å². The summed E-state index contributed by atoms with van der Waals surface area (Å²) < 4.78 is 0. The molecule has 16 heavy (non-hydrogen) atoms. The highest BCUT2D eigenvalue weighted by molar-refractivity contribution is 5.02. The maximum absolute atomic E-state index is 9.29. The number of hydrogen-bond donors (Lipinski definition) is 1. The highest BCUT2D eigenvalue weighted by atomic mass is 16.3. The number of aromatic nitrogens is 2. The molecule has 0 atom stereocenters. The lowest BCUT2D eigenvalue weighted by Gasteiger charge is -2.38. The monoisotopic (exact) mass is 221 g/mol. The normalized spacial score (nSPS) is 20.9. The smallest absolute Gasteiger partial charge is 0.115 e. The van der Waals surface area contributed by atoms with Crippen LogP contribution in [0.4, 0.5) is 0 Å². The number of piperidine rings is 1. The molecule has 1 aromatic heterocycles. The predicted octanol–water partition coefficient (Wildman–Crippen LogP) is 1.07. The Morgan fingerprint density at radius 2 is 1.94 bits per heavy atom. The van der Waals surface area contributed by atoms with Crippen LogP contribution < -0.4 is 0 Å². The van der Waals surface area contributed by atoms with Crippen LogP contribution in [0.5, 0.6) is 0 Å². The van der Waals surface area contributed by atoms with Crippen molar-refractivity contribution in [2.75, 3.05) is 19.7 Å². The summed E-state index contributed by atoms with van der Waals surface area (Å²) in [7, 11) is 0. The number of nitrogens with zero attached hydrogens (tertiary/aromatic N) is 3. The minimum absolute atomic E-state index is 0.129. The first kappa shape index (κ1) is 11.5. The van der Waals surface area contributed by atoms with Gasteiger partial charge in [0.15, 0.2) is 0 Å². The van der Waals surface area contributed by atoms with Crippen LogP contribution in [0.15, 0.2) is 18.7 Å². The van der Waals surface area contributed by atoms with Crippen LogP contribution in [-0.4, -0.2) is 39.7 Å². The Morgan fingerprint density at radius 1 is 1.31 bits per heavy atom. The van der Waals surface area contributed by atoms with E-state index in [1.807, 2.05) is 12.4 Å². The van der Waals surface area contributed by atoms with Gasteiger partial charge < -0.3 is 5.11 Å². The number of hydrogen-bond acceptors (Lipinski definition) is 4. The van der Waals surface area contributed by atoms with E-state index in [4.69, 9.17) is 0 Å². The van der Waals surface area contributed by atoms with E-state index in [9.17, 15) is 5.11 Å². The first-order chi connectivity index (χ1) is 7.72. The summed E-state index contributed by atoms with van der Waals surface area (Å²) in [5.41, 5.74) is 1.29. The number of aliphatic hydroxyl groups excluding tert-OH is 1. The van der Waals surface area contributed by atoms with Crippen molar-refractivity contribution in [3.63, 3.8) is 0 Å². The summed E-state index contributed by atoms with van der Waals surface area (Å²) in [6, 6.07) is 0. The van der Waals surface area contributed by atoms with Gasteiger partial charge in [-0.15, -0.1) is 0 Å². The number of rotatable bonds is 3. The topological polar surface area (TPSA) is 49.2 Å². The lowest BCUT2D eigenvalue weighted by Crippen LogP contribution is -2.39. The van der Waals surface area contributed by atoms with Crippen molar-refractivity contribution in [3.8, 4) is 0 Å². The fraction of sp³-hybridized carbons (Fsp3) is 0.667. The van der Waals surface area contributed by atoms with Gasteiger partial charge in [-0.05, 0) is 31.3 Å². The van der Waals surface area contributed by atoms with Gasteiger partial charge in [-0.1, -0.05) is 6.92 Å². The molecule has 2 rings (SSSR count). The Morgan fingerprint density at radius 3 is 2.50 bits per heavy atom. The van der Waals surface area contributed by atoms with Gasteiger partial charge in [0.2, 0.25) is 0 Å². The zero-order chi connectivity index (χ0) is 11.4. The quantitative estimate of drug-likeness (QED) is 0.829. The van der Waals surface area contributed by atoms with Crippen molar-refractivity contribution >= 4 is 0 Å². The van der Waals surface area contributed by atoms with Crippen molar-refractivity contribution < 1.29 is 5.11 Å².